The average molecular weight is 280 g/mol. The first-order chi connectivity index (χ1) is 8.83. The van der Waals surface area contributed by atoms with Crippen LogP contribution < -0.4 is 0 Å². The molecule has 1 aliphatic heterocycles. The lowest BCUT2D eigenvalue weighted by Gasteiger charge is -2.26. The highest BCUT2D eigenvalue weighted by Crippen LogP contribution is 2.20. The Morgan fingerprint density at radius 1 is 1.33 bits per heavy atom. The van der Waals surface area contributed by atoms with Crippen molar-refractivity contribution < 1.29 is 0 Å². The molecule has 0 spiro atoms. The van der Waals surface area contributed by atoms with E-state index in [1.165, 1.54) is 19.3 Å². The maximum Gasteiger partial charge on any atom is 0.217 e. The van der Waals surface area contributed by atoms with Gasteiger partial charge in [0.25, 0.3) is 0 Å². The molecule has 0 saturated carbocycles. The van der Waals surface area contributed by atoms with Crippen LogP contribution in [0.25, 0.3) is 10.7 Å². The zero-order valence-corrected chi connectivity index (χ0v) is 11.8. The summed E-state index contributed by atoms with van der Waals surface area (Å²) in [7, 11) is 0. The molecule has 1 saturated heterocycles. The van der Waals surface area contributed by atoms with Crippen molar-refractivity contribution in [2.24, 2.45) is 0 Å². The number of aromatic nitrogens is 3. The van der Waals surface area contributed by atoms with Crippen LogP contribution in [0.2, 0.25) is 0 Å². The first-order valence-corrected chi connectivity index (χ1v) is 7.55. The van der Waals surface area contributed by atoms with E-state index in [0.29, 0.717) is 4.77 Å². The standard InChI is InChI=1S/C12H16N4S2/c17-12-13-11(10-5-4-8-18-10)14-16(12)9-15-6-2-1-3-7-15/h4-5,8H,1-3,6-7,9H2,(H,13,14,17). The minimum Gasteiger partial charge on any atom is -0.284 e. The van der Waals surface area contributed by atoms with Crippen molar-refractivity contribution >= 4 is 23.6 Å². The molecule has 18 heavy (non-hydrogen) atoms. The number of piperidine rings is 1. The Balaban J connectivity index is 1.78. The van der Waals surface area contributed by atoms with E-state index in [1.54, 1.807) is 11.3 Å². The van der Waals surface area contributed by atoms with Gasteiger partial charge in [-0.3, -0.25) is 10.00 Å². The number of thiophene rings is 1. The largest absolute Gasteiger partial charge is 0.284 e. The summed E-state index contributed by atoms with van der Waals surface area (Å²) < 4.78 is 2.61. The van der Waals surface area contributed by atoms with Crippen molar-refractivity contribution in [1.82, 2.24) is 19.7 Å². The Labute approximate surface area is 115 Å². The quantitative estimate of drug-likeness (QED) is 0.878. The molecule has 96 valence electrons. The van der Waals surface area contributed by atoms with E-state index in [-0.39, 0.29) is 0 Å². The van der Waals surface area contributed by atoms with Gasteiger partial charge in [0, 0.05) is 0 Å². The number of nitrogens with one attached hydrogen (secondary N) is 1. The fourth-order valence-corrected chi connectivity index (χ4v) is 3.14. The molecule has 4 nitrogen and oxygen atoms in total. The van der Waals surface area contributed by atoms with E-state index in [9.17, 15) is 0 Å². The third-order valence-electron chi connectivity index (χ3n) is 3.22. The number of H-pyrrole nitrogens is 1. The summed E-state index contributed by atoms with van der Waals surface area (Å²) in [5.41, 5.74) is 0. The molecule has 1 N–H and O–H groups in total. The van der Waals surface area contributed by atoms with Gasteiger partial charge in [0.05, 0.1) is 11.5 Å². The van der Waals surface area contributed by atoms with Crippen molar-refractivity contribution in [2.45, 2.75) is 25.9 Å². The van der Waals surface area contributed by atoms with Crippen LogP contribution in [0.15, 0.2) is 17.5 Å². The number of nitrogens with zero attached hydrogens (tertiary/aromatic N) is 3. The zero-order valence-electron chi connectivity index (χ0n) is 10.1. The highest BCUT2D eigenvalue weighted by atomic mass is 32.1. The molecule has 6 heteroatoms. The molecule has 0 aliphatic carbocycles. The van der Waals surface area contributed by atoms with Gasteiger partial charge >= 0.3 is 0 Å². The van der Waals surface area contributed by atoms with E-state index in [0.717, 1.165) is 30.5 Å². The average Bonchev–Trinajstić information content (AvgIpc) is 3.01. The maximum atomic E-state index is 5.31. The molecule has 1 fully saturated rings. The molecule has 0 radical (unpaired) electrons. The Morgan fingerprint density at radius 3 is 2.89 bits per heavy atom. The maximum absolute atomic E-state index is 5.31. The number of hydrogen-bond acceptors (Lipinski definition) is 4. The highest BCUT2D eigenvalue weighted by Gasteiger charge is 2.12. The topological polar surface area (TPSA) is 36.9 Å². The van der Waals surface area contributed by atoms with Gasteiger partial charge in [0.15, 0.2) is 5.82 Å². The molecule has 1 aliphatic rings. The SMILES string of the molecule is S=c1nc(-c2cccs2)[nH]n1CN1CCCCC1. The van der Waals surface area contributed by atoms with Crippen molar-refractivity contribution in [3.63, 3.8) is 0 Å². The van der Waals surface area contributed by atoms with Crippen molar-refractivity contribution in [1.29, 1.82) is 0 Å². The fraction of sp³-hybridized carbons (Fsp3) is 0.500. The van der Waals surface area contributed by atoms with Crippen LogP contribution in [0.1, 0.15) is 19.3 Å². The summed E-state index contributed by atoms with van der Waals surface area (Å²) in [6.45, 7) is 3.15. The lowest BCUT2D eigenvalue weighted by atomic mass is 10.1. The van der Waals surface area contributed by atoms with Gasteiger partial charge in [0.2, 0.25) is 4.77 Å². The molecule has 3 heterocycles. The summed E-state index contributed by atoms with van der Waals surface area (Å²) >= 11 is 6.99. The van der Waals surface area contributed by atoms with Crippen LogP contribution >= 0.6 is 23.6 Å². The molecular formula is C12H16N4S2. The molecule has 0 atom stereocenters. The third-order valence-corrected chi connectivity index (χ3v) is 4.41. The van der Waals surface area contributed by atoms with E-state index in [2.05, 4.69) is 26.4 Å². The summed E-state index contributed by atoms with van der Waals surface area (Å²) in [5.74, 6) is 0.881. The molecule has 2 aromatic rings. The number of likely N-dealkylation sites (tertiary alicyclic amines) is 1. The van der Waals surface area contributed by atoms with Crippen LogP contribution in [-0.4, -0.2) is 32.8 Å². The summed E-state index contributed by atoms with van der Waals surface area (Å²) in [5, 5.41) is 5.35. The normalized spacial score (nSPS) is 17.1. The summed E-state index contributed by atoms with van der Waals surface area (Å²) in [6.07, 6.45) is 3.93. The van der Waals surface area contributed by atoms with Crippen LogP contribution in [0.3, 0.4) is 0 Å². The molecule has 2 aromatic heterocycles. The van der Waals surface area contributed by atoms with Gasteiger partial charge in [-0.1, -0.05) is 12.5 Å². The second-order valence-corrected chi connectivity index (χ2v) is 5.89. The molecule has 3 rings (SSSR count). The molecular weight excluding hydrogens is 264 g/mol. The highest BCUT2D eigenvalue weighted by molar-refractivity contribution is 7.71. The number of rotatable bonds is 3. The number of hydrogen-bond donors (Lipinski definition) is 1. The smallest absolute Gasteiger partial charge is 0.217 e. The van der Waals surface area contributed by atoms with Crippen LogP contribution in [-0.2, 0) is 6.67 Å². The molecule has 0 unspecified atom stereocenters. The van der Waals surface area contributed by atoms with Crippen molar-refractivity contribution in [2.75, 3.05) is 13.1 Å². The lowest BCUT2D eigenvalue weighted by molar-refractivity contribution is 0.172. The van der Waals surface area contributed by atoms with Gasteiger partial charge in [-0.2, -0.15) is 4.98 Å². The van der Waals surface area contributed by atoms with E-state index in [1.807, 2.05) is 10.7 Å². The van der Waals surface area contributed by atoms with Crippen LogP contribution in [0, 0.1) is 4.77 Å². The lowest BCUT2D eigenvalue weighted by Crippen LogP contribution is -2.32. The van der Waals surface area contributed by atoms with Crippen LogP contribution in [0.4, 0.5) is 0 Å². The molecule has 0 aromatic carbocycles. The van der Waals surface area contributed by atoms with E-state index >= 15 is 0 Å². The molecule has 0 bridgehead atoms. The monoisotopic (exact) mass is 280 g/mol. The van der Waals surface area contributed by atoms with E-state index in [4.69, 9.17) is 12.2 Å². The Bertz CT molecular complexity index is 549. The van der Waals surface area contributed by atoms with Crippen LogP contribution in [0.5, 0.6) is 0 Å². The zero-order chi connectivity index (χ0) is 12.4. The number of aromatic amines is 1. The fourth-order valence-electron chi connectivity index (χ4n) is 2.28. The second kappa shape index (κ2) is 5.34. The minimum atomic E-state index is 0.643. The van der Waals surface area contributed by atoms with E-state index < -0.39 is 0 Å². The van der Waals surface area contributed by atoms with Crippen molar-refractivity contribution in [3.05, 3.63) is 22.3 Å². The Morgan fingerprint density at radius 2 is 2.17 bits per heavy atom. The Kier molecular flexibility index (Phi) is 3.58. The van der Waals surface area contributed by atoms with Gasteiger partial charge in [-0.25, -0.2) is 4.68 Å². The van der Waals surface area contributed by atoms with Gasteiger partial charge < -0.3 is 0 Å². The van der Waals surface area contributed by atoms with Gasteiger partial charge in [-0.15, -0.1) is 11.3 Å². The first-order valence-electron chi connectivity index (χ1n) is 6.26. The molecule has 0 amide bonds. The Hall–Kier alpha value is -0.980. The summed E-state index contributed by atoms with van der Waals surface area (Å²) in [4.78, 5) is 7.99. The second-order valence-electron chi connectivity index (χ2n) is 4.58. The third kappa shape index (κ3) is 2.55. The van der Waals surface area contributed by atoms with Crippen molar-refractivity contribution in [3.8, 4) is 10.7 Å². The minimum absolute atomic E-state index is 0.643. The predicted molar refractivity (Wildman–Crippen MR) is 76.1 cm³/mol. The predicted octanol–water partition coefficient (Wildman–Crippen LogP) is 3.11. The first kappa shape index (κ1) is 12.1. The van der Waals surface area contributed by atoms with Gasteiger partial charge in [-0.05, 0) is 49.6 Å². The van der Waals surface area contributed by atoms with Gasteiger partial charge in [0.1, 0.15) is 0 Å². The summed E-state index contributed by atoms with van der Waals surface area (Å²) in [6, 6.07) is 4.09.